The average molecular weight is 736 g/mol. The summed E-state index contributed by atoms with van der Waals surface area (Å²) in [5.74, 6) is -0.0182. The topological polar surface area (TPSA) is 196 Å². The molecule has 1 saturated heterocycles. The number of quaternary nitrogens is 1. The van der Waals surface area contributed by atoms with E-state index in [2.05, 4.69) is 11.2 Å². The number of carbonyl (C=O) groups excluding carboxylic acids is 1. The number of methoxy groups -OCH3 is 2. The third-order valence-electron chi connectivity index (χ3n) is 11.1. The van der Waals surface area contributed by atoms with Crippen molar-refractivity contribution in [3.8, 4) is 28.7 Å². The van der Waals surface area contributed by atoms with Crippen molar-refractivity contribution in [1.29, 1.82) is 0 Å². The minimum atomic E-state index is -1.72. The maximum absolute atomic E-state index is 11.9. The summed E-state index contributed by atoms with van der Waals surface area (Å²) in [6.45, 7) is 0.655. The molecule has 0 radical (unpaired) electrons. The Bertz CT molecular complexity index is 1890. The molecule has 1 spiro atoms. The number of aliphatic imine (C=N–C) groups is 1. The van der Waals surface area contributed by atoms with Gasteiger partial charge in [0.2, 0.25) is 12.0 Å². The van der Waals surface area contributed by atoms with Crippen molar-refractivity contribution in [2.45, 2.75) is 93.4 Å². The van der Waals surface area contributed by atoms with E-state index >= 15 is 0 Å². The van der Waals surface area contributed by atoms with E-state index in [9.17, 15) is 24.9 Å². The van der Waals surface area contributed by atoms with E-state index in [1.807, 2.05) is 24.3 Å². The van der Waals surface area contributed by atoms with Crippen LogP contribution in [0.15, 0.2) is 52.8 Å². The first-order valence-corrected chi connectivity index (χ1v) is 17.9. The molecule has 0 bridgehead atoms. The highest BCUT2D eigenvalue weighted by atomic mass is 16.7. The fraction of sp³-hybridized carbons (Fsp3) is 0.500. The minimum Gasteiger partial charge on any atom is -0.493 e. The Morgan fingerprint density at radius 3 is 2.58 bits per heavy atom. The van der Waals surface area contributed by atoms with Gasteiger partial charge in [-0.3, -0.25) is 19.5 Å². The number of nitrogens with one attached hydrogen (secondary N) is 1. The molecule has 8 rings (SSSR count). The highest BCUT2D eigenvalue weighted by molar-refractivity contribution is 5.90. The van der Waals surface area contributed by atoms with Crippen molar-refractivity contribution < 1.29 is 68.1 Å². The van der Waals surface area contributed by atoms with E-state index in [1.54, 1.807) is 26.5 Å². The summed E-state index contributed by atoms with van der Waals surface area (Å²) in [6, 6.07) is 7.53. The maximum atomic E-state index is 11.9. The Morgan fingerprint density at radius 2 is 1.85 bits per heavy atom. The number of aliphatic carboxylic acids is 1. The Morgan fingerprint density at radius 1 is 1.04 bits per heavy atom. The van der Waals surface area contributed by atoms with Crippen LogP contribution in [-0.2, 0) is 25.6 Å². The Labute approximate surface area is 305 Å². The predicted octanol–water partition coefficient (Wildman–Crippen LogP) is 1.47. The van der Waals surface area contributed by atoms with Crippen LogP contribution in [0.5, 0.6) is 28.7 Å². The first-order valence-electron chi connectivity index (χ1n) is 17.9. The SMILES string of the molecule is COc1ccc2c(c1OC)O[C@H]1c3c(C[NH+]4C=C5N=CC=C5C4)cc(O[C@@H]4O[C@H](COC(=O)CC(=O)O)[C@@H](O)[C@H](O)[C@H]4O)cc3OC3(CCCCC3)[C@@H]21. The molecule has 2 fully saturated rings. The zero-order chi connectivity index (χ0) is 37.0. The molecule has 5 heterocycles. The van der Waals surface area contributed by atoms with Gasteiger partial charge in [0.15, 0.2) is 11.5 Å². The van der Waals surface area contributed by atoms with Crippen LogP contribution in [0.1, 0.15) is 67.2 Å². The van der Waals surface area contributed by atoms with Crippen LogP contribution in [-0.4, -0.2) is 102 Å². The molecule has 2 aromatic carbocycles. The maximum Gasteiger partial charge on any atom is 0.317 e. The Hall–Kier alpha value is -4.67. The third-order valence-corrected chi connectivity index (χ3v) is 11.1. The number of allylic oxidation sites excluding steroid dienone is 1. The molecule has 2 aromatic rings. The third kappa shape index (κ3) is 6.29. The molecular weight excluding hydrogens is 692 g/mol. The van der Waals surface area contributed by atoms with E-state index in [0.717, 1.165) is 71.5 Å². The standard InChI is InChI=1S/C38H42N2O13/c1-47-24-7-6-22-30-36(52-34(22)35(24)48-2)29-20(16-40-15-19-8-11-39-23(19)17-40)12-21(13-25(29)53-38(30)9-4-3-5-10-38)50-37-33(46)32(45)31(44)26(51-37)18-49-28(43)14-27(41)42/h6-8,11-13,17,26,30-33,36-37,44-46H,3-5,9-10,14-16,18H2,1-2H3,(H,41,42)/p+1/t26-,30+,31-,32+,33-,36+,37-/m1/s1. The van der Waals surface area contributed by atoms with Gasteiger partial charge in [0.25, 0.3) is 0 Å². The predicted molar refractivity (Wildman–Crippen MR) is 183 cm³/mol. The Kier molecular flexibility index (Phi) is 9.31. The molecule has 6 aliphatic rings. The van der Waals surface area contributed by atoms with Gasteiger partial charge in [0.05, 0.1) is 20.1 Å². The normalized spacial score (nSPS) is 30.1. The molecule has 5 N–H and O–H groups in total. The van der Waals surface area contributed by atoms with Crippen molar-refractivity contribution in [1.82, 2.24) is 0 Å². The summed E-state index contributed by atoms with van der Waals surface area (Å²) < 4.78 is 42.7. The smallest absolute Gasteiger partial charge is 0.317 e. The van der Waals surface area contributed by atoms with E-state index in [0.29, 0.717) is 29.5 Å². The number of carboxylic acid groups (broad SMARTS) is 1. The number of ether oxygens (including phenoxy) is 7. The number of aliphatic hydroxyl groups is 3. The van der Waals surface area contributed by atoms with Gasteiger partial charge in [0.1, 0.15) is 85.6 Å². The number of aliphatic hydroxyl groups excluding tert-OH is 3. The van der Waals surface area contributed by atoms with Crippen molar-refractivity contribution in [2.75, 3.05) is 27.4 Å². The molecule has 282 valence electrons. The molecule has 0 aromatic heterocycles. The van der Waals surface area contributed by atoms with Crippen molar-refractivity contribution in [3.05, 3.63) is 64.5 Å². The average Bonchev–Trinajstić information content (AvgIpc) is 3.85. The number of benzene rings is 2. The van der Waals surface area contributed by atoms with E-state index < -0.39 is 67.4 Å². The lowest BCUT2D eigenvalue weighted by atomic mass is 9.68. The van der Waals surface area contributed by atoms with Crippen molar-refractivity contribution >= 4 is 18.2 Å². The molecule has 15 nitrogen and oxygen atoms in total. The second kappa shape index (κ2) is 14.0. The number of nitrogens with zero attached hydrogens (tertiary/aromatic N) is 1. The molecular formula is C38H43N2O13+. The molecule has 0 amide bonds. The zero-order valence-corrected chi connectivity index (χ0v) is 29.4. The first kappa shape index (κ1) is 35.4. The quantitative estimate of drug-likeness (QED) is 0.174. The van der Waals surface area contributed by atoms with Gasteiger partial charge < -0.3 is 53.6 Å². The van der Waals surface area contributed by atoms with Gasteiger partial charge in [-0.1, -0.05) is 12.5 Å². The van der Waals surface area contributed by atoms with Crippen LogP contribution in [0.25, 0.3) is 0 Å². The van der Waals surface area contributed by atoms with Crippen molar-refractivity contribution in [3.63, 3.8) is 0 Å². The molecule has 1 aliphatic carbocycles. The van der Waals surface area contributed by atoms with E-state index in [1.165, 1.54) is 0 Å². The molecule has 53 heavy (non-hydrogen) atoms. The van der Waals surface area contributed by atoms with Gasteiger partial charge in [-0.2, -0.15) is 0 Å². The van der Waals surface area contributed by atoms with Gasteiger partial charge in [-0.25, -0.2) is 0 Å². The summed E-state index contributed by atoms with van der Waals surface area (Å²) in [6.07, 6.45) is 1.36. The molecule has 8 atom stereocenters. The lowest BCUT2D eigenvalue weighted by Crippen LogP contribution is -3.04. The largest absolute Gasteiger partial charge is 0.493 e. The summed E-state index contributed by atoms with van der Waals surface area (Å²) in [5.41, 5.74) is 4.19. The summed E-state index contributed by atoms with van der Waals surface area (Å²) in [5, 5.41) is 41.2. The van der Waals surface area contributed by atoms with Gasteiger partial charge in [0, 0.05) is 34.5 Å². The van der Waals surface area contributed by atoms with Gasteiger partial charge >= 0.3 is 11.9 Å². The lowest BCUT2D eigenvalue weighted by molar-refractivity contribution is -0.851. The molecule has 15 heteroatoms. The van der Waals surface area contributed by atoms with Crippen LogP contribution in [0.2, 0.25) is 0 Å². The molecule has 5 aliphatic heterocycles. The van der Waals surface area contributed by atoms with Gasteiger partial charge in [-0.15, -0.1) is 0 Å². The highest BCUT2D eigenvalue weighted by Crippen LogP contribution is 2.64. The number of fused-ring (bicyclic) bond motifs is 7. The molecule has 1 saturated carbocycles. The summed E-state index contributed by atoms with van der Waals surface area (Å²) in [7, 11) is 3.19. The van der Waals surface area contributed by atoms with Crippen LogP contribution in [0, 0.1) is 0 Å². The van der Waals surface area contributed by atoms with Crippen LogP contribution in [0.4, 0.5) is 0 Å². The van der Waals surface area contributed by atoms with E-state index in [-0.39, 0.29) is 11.7 Å². The Balaban J connectivity index is 1.17. The number of esters is 1. The minimum absolute atomic E-state index is 0.140. The summed E-state index contributed by atoms with van der Waals surface area (Å²) in [4.78, 5) is 28.4. The number of hydrogen-bond donors (Lipinski definition) is 5. The molecule has 1 unspecified atom stereocenters. The second-order valence-corrected chi connectivity index (χ2v) is 14.4. The summed E-state index contributed by atoms with van der Waals surface area (Å²) >= 11 is 0. The van der Waals surface area contributed by atoms with E-state index in [4.69, 9.17) is 38.3 Å². The monoisotopic (exact) mass is 735 g/mol. The van der Waals surface area contributed by atoms with Crippen LogP contribution < -0.4 is 28.6 Å². The van der Waals surface area contributed by atoms with Crippen LogP contribution >= 0.6 is 0 Å². The number of rotatable bonds is 10. The highest BCUT2D eigenvalue weighted by Gasteiger charge is 2.57. The fourth-order valence-corrected chi connectivity index (χ4v) is 8.68. The first-order chi connectivity index (χ1) is 25.6. The number of carboxylic acids is 1. The van der Waals surface area contributed by atoms with Gasteiger partial charge in [-0.05, 0) is 43.9 Å². The zero-order valence-electron chi connectivity index (χ0n) is 29.4. The fourth-order valence-electron chi connectivity index (χ4n) is 8.68. The second-order valence-electron chi connectivity index (χ2n) is 14.4. The number of hydrogen-bond acceptors (Lipinski definition) is 13. The van der Waals surface area contributed by atoms with Crippen molar-refractivity contribution in [2.24, 2.45) is 4.99 Å². The van der Waals surface area contributed by atoms with Crippen LogP contribution in [0.3, 0.4) is 0 Å². The number of carbonyl (C=O) groups is 2. The lowest BCUT2D eigenvalue weighted by Gasteiger charge is -2.48.